The minimum Gasteiger partial charge on any atom is -0.481 e. The number of carbonyl (C=O) groups excluding carboxylic acids is 1. The summed E-state index contributed by atoms with van der Waals surface area (Å²) >= 11 is 3.27. The van der Waals surface area contributed by atoms with E-state index in [0.717, 1.165) is 82.1 Å². The summed E-state index contributed by atoms with van der Waals surface area (Å²) in [6.45, 7) is 2.50. The van der Waals surface area contributed by atoms with E-state index in [2.05, 4.69) is 212 Å². The van der Waals surface area contributed by atoms with Crippen molar-refractivity contribution in [3.05, 3.63) is 182 Å². The van der Waals surface area contributed by atoms with Crippen LogP contribution in [0.25, 0.3) is 0 Å². The molecule has 5 unspecified atom stereocenters. The van der Waals surface area contributed by atoms with Crippen LogP contribution < -0.4 is 37.1 Å². The first-order chi connectivity index (χ1) is 37.2. The fourth-order valence-electron chi connectivity index (χ4n) is 8.05. The maximum absolute atomic E-state index is 11.5. The van der Waals surface area contributed by atoms with Crippen LogP contribution in [0.3, 0.4) is 0 Å². The van der Waals surface area contributed by atoms with Crippen LogP contribution >= 0.6 is 72.2 Å². The van der Waals surface area contributed by atoms with Gasteiger partial charge in [-0.3, -0.25) is 23.5 Å². The molecule has 0 bridgehead atoms. The lowest BCUT2D eigenvalue weighted by molar-refractivity contribution is -0.138. The van der Waals surface area contributed by atoms with Crippen LogP contribution in [0.5, 0.6) is 0 Å². The fraction of sp³-hybridized carbons (Fsp3) is 0.316. The minimum atomic E-state index is -3.39. The Kier molecular flexibility index (Phi) is 37.4. The monoisotopic (exact) mass is 1230 g/mol. The van der Waals surface area contributed by atoms with Crippen LogP contribution in [-0.2, 0) is 23.5 Å². The van der Waals surface area contributed by atoms with Gasteiger partial charge in [-0.15, -0.1) is 17.8 Å². The minimum absolute atomic E-state index is 0.134. The number of alkyl halides is 1. The van der Waals surface area contributed by atoms with E-state index in [4.69, 9.17) is 23.8 Å². The maximum atomic E-state index is 11.5. The van der Waals surface area contributed by atoms with Gasteiger partial charge in [0.15, 0.2) is 7.97 Å². The second-order valence-electron chi connectivity index (χ2n) is 16.6. The van der Waals surface area contributed by atoms with Crippen molar-refractivity contribution in [2.45, 2.75) is 77.0 Å². The SMILES string of the molecule is CNC(=O)CCCCC[P+](c1ccccc1)(c1ccccc1)c1ccccc1.O=C(O)CCCCCBr.O=C(O)CCCCC[P+](c1ccccc1)(c1ccccc1)c1ccccc1.[3H]P(=O)(O)PC.[3H]P(C)(=O)O.[3H]PP. The molecule has 0 heterocycles. The van der Waals surface area contributed by atoms with Gasteiger partial charge in [0.25, 0.3) is 0 Å². The standard InChI is InChI=1S/C25H28NOP.C24H25O2P.C6H11BrO2.CH6O2P2.CH5O2P.H4P2/c1-26-25(27)20-12-5-13-21-28(22-14-6-2-7-15-22,23-16-8-3-9-17-23)24-18-10-4-11-19-24;25-24(26)19-11-4-12-20-27(21-13-5-1-6-14-21,22-15-7-2-8-16-22)23-17-9-3-10-18-23;7-5-3-1-2-4-6(8)9;1-4-5(2)3;1-4(2)3;1-2/h2-4,6-11,14-19H,5,12-13,20-21H2,1H3;1-3,5-10,13-18H,4,11-12,19-20H2;1-5H2,(H,8,9);4-5H,1H3,(H,2,3);4H,1H3,(H,2,3);1-2H2/p+2/i;;;5T;4T;1T. The largest absolute Gasteiger partial charge is 0.481 e. The Bertz CT molecular complexity index is 2400. The second kappa shape index (κ2) is 43.7. The van der Waals surface area contributed by atoms with Crippen LogP contribution in [-0.4, -0.2) is 79.7 Å². The number of hydrogen-bond acceptors (Lipinski definition) is 5. The molecule has 75 heavy (non-hydrogen) atoms. The molecule has 0 aliphatic heterocycles. The Labute approximate surface area is 468 Å². The van der Waals surface area contributed by atoms with Crippen molar-refractivity contribution in [2.75, 3.05) is 38.0 Å². The molecular weight excluding hydrogens is 1140 g/mol. The van der Waals surface area contributed by atoms with Gasteiger partial charge in [0.1, 0.15) is 48.9 Å². The van der Waals surface area contributed by atoms with Gasteiger partial charge in [0, 0.05) is 38.3 Å². The van der Waals surface area contributed by atoms with E-state index in [1.54, 1.807) is 7.05 Å². The summed E-state index contributed by atoms with van der Waals surface area (Å²) in [6.07, 6.45) is 12.1. The molecule has 0 saturated heterocycles. The zero-order valence-corrected chi connectivity index (χ0v) is 51.8. The smallest absolute Gasteiger partial charge is 0.303 e. The first-order valence-corrected chi connectivity index (χ1v) is 37.4. The number of benzene rings is 6. The molecule has 5 atom stereocenters. The quantitative estimate of drug-likeness (QED) is 0.0224. The summed E-state index contributed by atoms with van der Waals surface area (Å²) in [7, 11) is -6.17. The lowest BCUT2D eigenvalue weighted by atomic mass is 10.2. The highest BCUT2D eigenvalue weighted by molar-refractivity contribution is 9.09. The number of rotatable bonds is 24. The van der Waals surface area contributed by atoms with Gasteiger partial charge in [-0.25, -0.2) is 0 Å². The Balaban J connectivity index is 0.000000560. The number of hydrogen-bond donors (Lipinski definition) is 5. The first-order valence-electron chi connectivity index (χ1n) is 26.2. The van der Waals surface area contributed by atoms with Crippen LogP contribution in [0.4, 0.5) is 0 Å². The van der Waals surface area contributed by atoms with Crippen molar-refractivity contribution in [1.82, 2.24) is 5.32 Å². The van der Waals surface area contributed by atoms with Crippen LogP contribution in [0.1, 0.15) is 77.0 Å². The molecule has 0 radical (unpaired) electrons. The highest BCUT2D eigenvalue weighted by Crippen LogP contribution is 2.57. The zero-order valence-electron chi connectivity index (χ0n) is 46.5. The summed E-state index contributed by atoms with van der Waals surface area (Å²) in [5.74, 6) is -1.26. The lowest BCUT2D eigenvalue weighted by Gasteiger charge is -2.27. The fourth-order valence-corrected chi connectivity index (χ4v) is 17.3. The number of carbonyl (C=O) groups is 3. The Morgan fingerprint density at radius 1 is 0.533 bits per heavy atom. The van der Waals surface area contributed by atoms with Gasteiger partial charge in [0.05, 0.1) is 13.6 Å². The highest BCUT2D eigenvalue weighted by Gasteiger charge is 2.45. The average Bonchev–Trinajstić information content (AvgIpc) is 3.46. The third-order valence-electron chi connectivity index (χ3n) is 11.5. The number of nitrogens with one attached hydrogen (secondary N) is 1. The molecule has 0 aliphatic carbocycles. The number of amides is 1. The normalized spacial score (nSPS) is 13.0. The highest BCUT2D eigenvalue weighted by atomic mass is 79.9. The van der Waals surface area contributed by atoms with E-state index >= 15 is 0 Å². The molecule has 0 fully saturated rings. The van der Waals surface area contributed by atoms with Crippen molar-refractivity contribution >= 4 is 122 Å². The van der Waals surface area contributed by atoms with Gasteiger partial charge in [0.2, 0.25) is 13.6 Å². The third kappa shape index (κ3) is 28.3. The molecular formula is C57H81BrNO9P7+2. The molecule has 6 aromatic carbocycles. The lowest BCUT2D eigenvalue weighted by Crippen LogP contribution is -2.33. The predicted molar refractivity (Wildman–Crippen MR) is 341 cm³/mol. The number of halogens is 1. The molecule has 10 nitrogen and oxygen atoms in total. The van der Waals surface area contributed by atoms with E-state index in [0.29, 0.717) is 12.8 Å². The molecule has 0 aromatic heterocycles. The average molecular weight is 1230 g/mol. The van der Waals surface area contributed by atoms with Crippen molar-refractivity contribution < 1.29 is 43.5 Å². The van der Waals surface area contributed by atoms with Crippen molar-refractivity contribution in [1.29, 1.82) is 3.84 Å². The zero-order chi connectivity index (χ0) is 58.1. The predicted octanol–water partition coefficient (Wildman–Crippen LogP) is 12.4. The van der Waals surface area contributed by atoms with Gasteiger partial charge >= 0.3 is 11.9 Å². The van der Waals surface area contributed by atoms with E-state index in [9.17, 15) is 23.5 Å². The summed E-state index contributed by atoms with van der Waals surface area (Å²) in [4.78, 5) is 48.1. The molecule has 0 spiro atoms. The number of unbranched alkanes of at least 4 members (excludes halogenated alkanes) is 6. The summed E-state index contributed by atoms with van der Waals surface area (Å²) in [5.41, 5.74) is 0. The van der Waals surface area contributed by atoms with Crippen LogP contribution in [0.2, 0.25) is 0 Å². The topological polar surface area (TPSA) is 178 Å². The van der Waals surface area contributed by atoms with E-state index < -0.39 is 42.1 Å². The molecule has 6 aromatic rings. The molecule has 6 rings (SSSR count). The molecule has 0 aliphatic rings. The molecule has 0 saturated carbocycles. The first kappa shape index (κ1) is 64.3. The molecule has 408 valence electrons. The van der Waals surface area contributed by atoms with Crippen molar-refractivity contribution in [2.24, 2.45) is 0 Å². The van der Waals surface area contributed by atoms with Crippen molar-refractivity contribution in [3.63, 3.8) is 0 Å². The number of aliphatic carboxylic acids is 2. The number of carboxylic acid groups (broad SMARTS) is 2. The van der Waals surface area contributed by atoms with Gasteiger partial charge < -0.3 is 25.3 Å². The third-order valence-corrected chi connectivity index (χ3v) is 22.6. The van der Waals surface area contributed by atoms with E-state index in [1.807, 2.05) is 0 Å². The number of carboxylic acids is 2. The second-order valence-corrected chi connectivity index (χ2v) is 29.1. The van der Waals surface area contributed by atoms with Crippen LogP contribution in [0, 0.1) is 0 Å². The van der Waals surface area contributed by atoms with E-state index in [-0.39, 0.29) is 29.5 Å². The molecule has 1 amide bonds. The Morgan fingerprint density at radius 2 is 0.760 bits per heavy atom. The van der Waals surface area contributed by atoms with Crippen LogP contribution in [0.15, 0.2) is 182 Å². The summed E-state index contributed by atoms with van der Waals surface area (Å²) < 4.78 is 37.8. The summed E-state index contributed by atoms with van der Waals surface area (Å²) in [6, 6.07) is 65.4. The maximum Gasteiger partial charge on any atom is 0.303 e. The van der Waals surface area contributed by atoms with Gasteiger partial charge in [-0.05, 0) is 139 Å². The summed E-state index contributed by atoms with van der Waals surface area (Å²) in [5, 5.41) is 29.3. The Morgan fingerprint density at radius 3 is 0.960 bits per heavy atom. The molecule has 5 N–H and O–H groups in total. The van der Waals surface area contributed by atoms with Crippen molar-refractivity contribution in [3.8, 4) is 0 Å². The van der Waals surface area contributed by atoms with Gasteiger partial charge in [-0.2, -0.15) is 0 Å². The Hall–Kier alpha value is -3.26. The van der Waals surface area contributed by atoms with Gasteiger partial charge in [-0.1, -0.05) is 132 Å². The van der Waals surface area contributed by atoms with E-state index in [1.165, 1.54) is 38.5 Å². The molecule has 18 heteroatoms.